The summed E-state index contributed by atoms with van der Waals surface area (Å²) in [7, 11) is 0. The molecule has 2 rings (SSSR count). The molecule has 1 aliphatic heterocycles. The quantitative estimate of drug-likeness (QED) is 0.735. The van der Waals surface area contributed by atoms with Gasteiger partial charge in [0.2, 0.25) is 0 Å². The van der Waals surface area contributed by atoms with E-state index in [0.29, 0.717) is 6.42 Å². The van der Waals surface area contributed by atoms with Crippen molar-refractivity contribution in [1.29, 1.82) is 0 Å². The van der Waals surface area contributed by atoms with E-state index in [1.54, 1.807) is 0 Å². The second-order valence-corrected chi connectivity index (χ2v) is 7.95. The molecule has 1 aliphatic rings. The van der Waals surface area contributed by atoms with Crippen molar-refractivity contribution >= 4 is 5.97 Å². The summed E-state index contributed by atoms with van der Waals surface area (Å²) in [5.74, 6) is -0.126. The fourth-order valence-corrected chi connectivity index (χ4v) is 3.75. The number of carbonyl (C=O) groups excluding carboxylic acids is 1. The Morgan fingerprint density at radius 1 is 1.17 bits per heavy atom. The summed E-state index contributed by atoms with van der Waals surface area (Å²) in [5, 5.41) is 2.11. The normalized spacial score (nSPS) is 22.1. The van der Waals surface area contributed by atoms with Gasteiger partial charge in [-0.25, -0.2) is 0 Å². The molecule has 4 heteroatoms. The van der Waals surface area contributed by atoms with Gasteiger partial charge in [-0.3, -0.25) is 9.63 Å². The van der Waals surface area contributed by atoms with Crippen LogP contribution in [-0.2, 0) is 14.4 Å². The van der Waals surface area contributed by atoms with Gasteiger partial charge in [-0.2, -0.15) is 5.06 Å². The molecule has 4 nitrogen and oxygen atoms in total. The van der Waals surface area contributed by atoms with Crippen LogP contribution in [0.1, 0.15) is 72.5 Å². The molecule has 134 valence electrons. The summed E-state index contributed by atoms with van der Waals surface area (Å²) in [4.78, 5) is 18.1. The third kappa shape index (κ3) is 4.37. The van der Waals surface area contributed by atoms with Crippen molar-refractivity contribution in [1.82, 2.24) is 5.06 Å². The van der Waals surface area contributed by atoms with E-state index >= 15 is 0 Å². The minimum Gasteiger partial charge on any atom is -0.462 e. The van der Waals surface area contributed by atoms with Crippen LogP contribution in [0.4, 0.5) is 0 Å². The van der Waals surface area contributed by atoms with E-state index in [-0.39, 0.29) is 29.3 Å². The molecule has 0 amide bonds. The monoisotopic (exact) mass is 333 g/mol. The number of piperidine rings is 1. The molecular weight excluding hydrogens is 302 g/mol. The van der Waals surface area contributed by atoms with Crippen molar-refractivity contribution in [2.24, 2.45) is 0 Å². The number of hydrogen-bond acceptors (Lipinski definition) is 4. The molecule has 1 fully saturated rings. The van der Waals surface area contributed by atoms with Crippen molar-refractivity contribution in [2.75, 3.05) is 0 Å². The van der Waals surface area contributed by atoms with Gasteiger partial charge >= 0.3 is 5.97 Å². The van der Waals surface area contributed by atoms with Gasteiger partial charge in [0.25, 0.3) is 0 Å². The number of nitrogens with zero attached hydrogens (tertiary/aromatic N) is 1. The second-order valence-electron chi connectivity index (χ2n) is 7.95. The molecule has 0 radical (unpaired) electrons. The third-order valence-electron chi connectivity index (χ3n) is 4.67. The van der Waals surface area contributed by atoms with Crippen LogP contribution >= 0.6 is 0 Å². The van der Waals surface area contributed by atoms with E-state index in [1.165, 1.54) is 0 Å². The fourth-order valence-electron chi connectivity index (χ4n) is 3.75. The van der Waals surface area contributed by atoms with Gasteiger partial charge in [-0.15, -0.1) is 0 Å². The Hall–Kier alpha value is -1.39. The summed E-state index contributed by atoms with van der Waals surface area (Å²) < 4.78 is 5.63. The molecule has 0 aliphatic carbocycles. The second kappa shape index (κ2) is 7.24. The first-order chi connectivity index (χ1) is 11.2. The number of hydrogen-bond donors (Lipinski definition) is 0. The van der Waals surface area contributed by atoms with Gasteiger partial charge in [0.05, 0.1) is 0 Å². The maximum Gasteiger partial charge on any atom is 0.305 e. The molecule has 1 heterocycles. The smallest absolute Gasteiger partial charge is 0.305 e. The topological polar surface area (TPSA) is 38.8 Å². The summed E-state index contributed by atoms with van der Waals surface area (Å²) in [6, 6.07) is 10.2. The number of benzene rings is 1. The fraction of sp³-hybridized carbons (Fsp3) is 0.650. The number of ether oxygens (including phenoxy) is 1. The lowest BCUT2D eigenvalue weighted by Gasteiger charge is -2.54. The van der Waals surface area contributed by atoms with E-state index < -0.39 is 0 Å². The number of rotatable bonds is 5. The lowest BCUT2D eigenvalue weighted by Crippen LogP contribution is -2.62. The average Bonchev–Trinajstić information content (AvgIpc) is 2.50. The van der Waals surface area contributed by atoms with Crippen molar-refractivity contribution < 1.29 is 14.4 Å². The van der Waals surface area contributed by atoms with Crippen LogP contribution in [0.25, 0.3) is 0 Å². The van der Waals surface area contributed by atoms with Gasteiger partial charge in [-0.1, -0.05) is 37.3 Å². The number of esters is 1. The molecule has 1 atom stereocenters. The molecule has 0 spiro atoms. The summed E-state index contributed by atoms with van der Waals surface area (Å²) in [5.41, 5.74) is 0.719. The zero-order valence-electron chi connectivity index (χ0n) is 15.8. The van der Waals surface area contributed by atoms with Gasteiger partial charge in [-0.05, 0) is 40.2 Å². The van der Waals surface area contributed by atoms with Gasteiger partial charge < -0.3 is 4.74 Å². The Balaban J connectivity index is 2.13. The molecule has 1 aromatic carbocycles. The largest absolute Gasteiger partial charge is 0.462 e. The van der Waals surface area contributed by atoms with Crippen molar-refractivity contribution in [2.45, 2.75) is 84.1 Å². The predicted octanol–water partition coefficient (Wildman–Crippen LogP) is 4.65. The summed E-state index contributed by atoms with van der Waals surface area (Å²) in [6.07, 6.45) is 1.87. The highest BCUT2D eigenvalue weighted by molar-refractivity contribution is 5.69. The Morgan fingerprint density at radius 3 is 2.21 bits per heavy atom. The van der Waals surface area contributed by atoms with Crippen LogP contribution in [0.15, 0.2) is 30.3 Å². The maximum absolute atomic E-state index is 11.7. The highest BCUT2D eigenvalue weighted by Crippen LogP contribution is 2.41. The molecule has 0 saturated carbocycles. The van der Waals surface area contributed by atoms with Crippen LogP contribution in [0.5, 0.6) is 0 Å². The number of hydroxylamine groups is 2. The molecule has 24 heavy (non-hydrogen) atoms. The van der Waals surface area contributed by atoms with Crippen LogP contribution in [0.3, 0.4) is 0 Å². The lowest BCUT2D eigenvalue weighted by atomic mass is 9.80. The molecule has 0 aromatic heterocycles. The Labute approximate surface area is 146 Å². The van der Waals surface area contributed by atoms with Gasteiger partial charge in [0.1, 0.15) is 12.2 Å². The molecule has 1 aromatic rings. The Bertz CT molecular complexity index is 535. The van der Waals surface area contributed by atoms with E-state index in [0.717, 1.165) is 18.4 Å². The van der Waals surface area contributed by atoms with Gasteiger partial charge in [0, 0.05) is 30.3 Å². The maximum atomic E-state index is 11.7. The summed E-state index contributed by atoms with van der Waals surface area (Å²) in [6.45, 7) is 12.5. The Kier molecular flexibility index (Phi) is 5.71. The summed E-state index contributed by atoms with van der Waals surface area (Å²) >= 11 is 0. The minimum absolute atomic E-state index is 0.0282. The minimum atomic E-state index is -0.219. The van der Waals surface area contributed by atoms with Crippen molar-refractivity contribution in [3.63, 3.8) is 0 Å². The lowest BCUT2D eigenvalue weighted by molar-refractivity contribution is -0.314. The van der Waals surface area contributed by atoms with Crippen LogP contribution in [-0.4, -0.2) is 28.2 Å². The van der Waals surface area contributed by atoms with Crippen LogP contribution in [0, 0.1) is 0 Å². The molecule has 0 N–H and O–H groups in total. The zero-order valence-corrected chi connectivity index (χ0v) is 15.8. The SMILES string of the molecule is CCC(=O)OC1CC(C)(C)N(OC(C)c2ccccc2)C(C)(C)C1. The van der Waals surface area contributed by atoms with Gasteiger partial charge in [0.15, 0.2) is 0 Å². The first kappa shape index (κ1) is 18.9. The molecule has 1 saturated heterocycles. The van der Waals surface area contributed by atoms with E-state index in [1.807, 2.05) is 25.1 Å². The standard InChI is InChI=1S/C20H31NO3/c1-7-18(22)23-17-13-19(3,4)21(20(5,6)14-17)24-15(2)16-11-9-8-10-12-16/h8-12,15,17H,7,13-14H2,1-6H3. The van der Waals surface area contributed by atoms with Crippen LogP contribution in [0.2, 0.25) is 0 Å². The van der Waals surface area contributed by atoms with Crippen molar-refractivity contribution in [3.8, 4) is 0 Å². The zero-order chi connectivity index (χ0) is 18.0. The highest BCUT2D eigenvalue weighted by Gasteiger charge is 2.48. The van der Waals surface area contributed by atoms with Crippen LogP contribution < -0.4 is 0 Å². The van der Waals surface area contributed by atoms with E-state index in [2.05, 4.69) is 51.8 Å². The molecule has 0 bridgehead atoms. The molecule has 1 unspecified atom stereocenters. The molecular formula is C20H31NO3. The number of carbonyl (C=O) groups is 1. The van der Waals surface area contributed by atoms with E-state index in [4.69, 9.17) is 9.57 Å². The highest BCUT2D eigenvalue weighted by atomic mass is 16.7. The third-order valence-corrected chi connectivity index (χ3v) is 4.67. The Morgan fingerprint density at radius 2 is 1.71 bits per heavy atom. The first-order valence-corrected chi connectivity index (χ1v) is 8.87. The first-order valence-electron chi connectivity index (χ1n) is 8.87. The van der Waals surface area contributed by atoms with Crippen molar-refractivity contribution in [3.05, 3.63) is 35.9 Å². The average molecular weight is 333 g/mol. The van der Waals surface area contributed by atoms with E-state index in [9.17, 15) is 4.79 Å². The predicted molar refractivity (Wildman–Crippen MR) is 95.3 cm³/mol.